The number of nitrogens with one attached hydrogen (secondary N) is 1. The van der Waals surface area contributed by atoms with Gasteiger partial charge in [-0.2, -0.15) is 17.5 Å². The molecule has 8 nitrogen and oxygen atoms in total. The molecule has 35 heavy (non-hydrogen) atoms. The first-order chi connectivity index (χ1) is 16.4. The van der Waals surface area contributed by atoms with E-state index in [1.807, 2.05) is 0 Å². The van der Waals surface area contributed by atoms with Gasteiger partial charge in [0.15, 0.2) is 0 Å². The summed E-state index contributed by atoms with van der Waals surface area (Å²) in [7, 11) is -4.02. The molecule has 1 aliphatic heterocycles. The highest BCUT2D eigenvalue weighted by Crippen LogP contribution is 2.36. The van der Waals surface area contributed by atoms with Crippen molar-refractivity contribution in [2.45, 2.75) is 36.5 Å². The number of sulfonamides is 1. The summed E-state index contributed by atoms with van der Waals surface area (Å²) in [6.07, 6.45) is -2.03. The first-order valence-corrected chi connectivity index (χ1v) is 11.8. The predicted octanol–water partition coefficient (Wildman–Crippen LogP) is 3.17. The first kappa shape index (κ1) is 24.7. The van der Waals surface area contributed by atoms with E-state index in [9.17, 15) is 30.8 Å². The average Bonchev–Trinajstić information content (AvgIpc) is 2.81. The Morgan fingerprint density at radius 3 is 2.40 bits per heavy atom. The van der Waals surface area contributed by atoms with Crippen molar-refractivity contribution in [2.24, 2.45) is 0 Å². The van der Waals surface area contributed by atoms with Crippen LogP contribution in [0.4, 0.5) is 17.6 Å². The quantitative estimate of drug-likeness (QED) is 0.512. The van der Waals surface area contributed by atoms with Crippen LogP contribution in [0.25, 0.3) is 11.3 Å². The highest BCUT2D eigenvalue weighted by Gasteiger charge is 2.53. The zero-order valence-electron chi connectivity index (χ0n) is 18.3. The van der Waals surface area contributed by atoms with Gasteiger partial charge in [0.2, 0.25) is 15.9 Å². The lowest BCUT2D eigenvalue weighted by Gasteiger charge is -2.47. The van der Waals surface area contributed by atoms with Gasteiger partial charge in [0.1, 0.15) is 23.4 Å². The second-order valence-electron chi connectivity index (χ2n) is 8.06. The summed E-state index contributed by atoms with van der Waals surface area (Å²) in [5.74, 6) is -1.13. The SMILES string of the molecule is C[C@@]1(C(=O)NCc2cc(-c3ccc(C(F)(F)F)nc3)ncn2)CCN1S(=O)(=O)c1ccc(F)cc1. The van der Waals surface area contributed by atoms with E-state index >= 15 is 0 Å². The van der Waals surface area contributed by atoms with Gasteiger partial charge in [-0.25, -0.2) is 22.8 Å². The molecule has 1 aliphatic rings. The Kier molecular flexibility index (Phi) is 6.32. The molecule has 1 N–H and O–H groups in total. The van der Waals surface area contributed by atoms with Crippen LogP contribution >= 0.6 is 0 Å². The highest BCUT2D eigenvalue weighted by molar-refractivity contribution is 7.89. The second kappa shape index (κ2) is 8.96. The topological polar surface area (TPSA) is 105 Å². The van der Waals surface area contributed by atoms with Crippen molar-refractivity contribution in [1.29, 1.82) is 0 Å². The summed E-state index contributed by atoms with van der Waals surface area (Å²) in [5, 5.41) is 2.65. The van der Waals surface area contributed by atoms with Crippen molar-refractivity contribution >= 4 is 15.9 Å². The van der Waals surface area contributed by atoms with Crippen LogP contribution in [-0.2, 0) is 27.5 Å². The van der Waals surface area contributed by atoms with E-state index in [1.54, 1.807) is 0 Å². The number of hydrogen-bond acceptors (Lipinski definition) is 6. The van der Waals surface area contributed by atoms with E-state index in [0.29, 0.717) is 17.0 Å². The van der Waals surface area contributed by atoms with E-state index in [-0.39, 0.29) is 24.4 Å². The molecule has 0 saturated carbocycles. The Bertz CT molecular complexity index is 1350. The van der Waals surface area contributed by atoms with Gasteiger partial charge >= 0.3 is 6.18 Å². The molecular weight excluding hydrogens is 490 g/mol. The summed E-state index contributed by atoms with van der Waals surface area (Å²) in [6.45, 7) is 1.55. The first-order valence-electron chi connectivity index (χ1n) is 10.3. The van der Waals surface area contributed by atoms with Crippen molar-refractivity contribution in [3.63, 3.8) is 0 Å². The monoisotopic (exact) mass is 509 g/mol. The molecule has 0 unspecified atom stereocenters. The molecule has 1 atom stereocenters. The summed E-state index contributed by atoms with van der Waals surface area (Å²) in [5.41, 5.74) is -1.38. The number of hydrogen-bond donors (Lipinski definition) is 1. The van der Waals surface area contributed by atoms with Gasteiger partial charge in [-0.3, -0.25) is 9.78 Å². The third-order valence-electron chi connectivity index (χ3n) is 5.75. The molecule has 4 rings (SSSR count). The third kappa shape index (κ3) is 4.86. The number of benzene rings is 1. The molecule has 3 heterocycles. The summed E-state index contributed by atoms with van der Waals surface area (Å²) in [4.78, 5) is 24.3. The normalized spacial score (nSPS) is 18.7. The lowest BCUT2D eigenvalue weighted by Crippen LogP contribution is -2.67. The minimum Gasteiger partial charge on any atom is -0.349 e. The lowest BCUT2D eigenvalue weighted by atomic mass is 9.89. The molecule has 3 aromatic rings. The van der Waals surface area contributed by atoms with E-state index in [4.69, 9.17) is 0 Å². The fraction of sp³-hybridized carbons (Fsp3) is 0.273. The van der Waals surface area contributed by atoms with Gasteiger partial charge in [-0.15, -0.1) is 0 Å². The van der Waals surface area contributed by atoms with E-state index < -0.39 is 39.2 Å². The molecule has 1 saturated heterocycles. The highest BCUT2D eigenvalue weighted by atomic mass is 32.2. The van der Waals surface area contributed by atoms with Crippen LogP contribution in [0.15, 0.2) is 59.9 Å². The van der Waals surface area contributed by atoms with Crippen LogP contribution in [0.1, 0.15) is 24.7 Å². The molecule has 0 spiro atoms. The number of carbonyl (C=O) groups is 1. The molecule has 2 aromatic heterocycles. The van der Waals surface area contributed by atoms with Crippen molar-refractivity contribution in [1.82, 2.24) is 24.6 Å². The summed E-state index contributed by atoms with van der Waals surface area (Å²) >= 11 is 0. The maximum atomic E-state index is 13.2. The number of nitrogens with zero attached hydrogens (tertiary/aromatic N) is 4. The standard InChI is InChI=1S/C22H19F4N5O3S/c1-21(8-9-31(21)35(33,34)17-5-3-15(23)4-6-17)20(32)28-12-16-10-18(30-13-29-16)14-2-7-19(27-11-14)22(24,25)26/h2-7,10-11,13H,8-9,12H2,1H3,(H,28,32)/t21-/m0/s1. The molecule has 0 aliphatic carbocycles. The minimum atomic E-state index is -4.56. The lowest BCUT2D eigenvalue weighted by molar-refractivity contribution is -0.141. The number of amides is 1. The number of pyridine rings is 1. The van der Waals surface area contributed by atoms with Gasteiger partial charge in [0, 0.05) is 18.3 Å². The van der Waals surface area contributed by atoms with Crippen LogP contribution in [0.2, 0.25) is 0 Å². The van der Waals surface area contributed by atoms with Crippen LogP contribution in [0.5, 0.6) is 0 Å². The summed E-state index contributed by atoms with van der Waals surface area (Å²) < 4.78 is 78.3. The largest absolute Gasteiger partial charge is 0.433 e. The van der Waals surface area contributed by atoms with Gasteiger partial charge in [0.05, 0.1) is 22.8 Å². The number of aromatic nitrogens is 3. The van der Waals surface area contributed by atoms with Crippen molar-refractivity contribution < 1.29 is 30.8 Å². The number of carbonyl (C=O) groups excluding carboxylic acids is 1. The summed E-state index contributed by atoms with van der Waals surface area (Å²) in [6, 6.07) is 7.90. The van der Waals surface area contributed by atoms with Crippen molar-refractivity contribution in [2.75, 3.05) is 6.54 Å². The van der Waals surface area contributed by atoms with Gasteiger partial charge in [0.25, 0.3) is 0 Å². The van der Waals surface area contributed by atoms with E-state index in [0.717, 1.165) is 40.8 Å². The smallest absolute Gasteiger partial charge is 0.349 e. The third-order valence-corrected chi connectivity index (χ3v) is 7.78. The Labute approximate surface area is 198 Å². The molecule has 0 bridgehead atoms. The number of rotatable bonds is 6. The molecule has 184 valence electrons. The Balaban J connectivity index is 1.45. The van der Waals surface area contributed by atoms with Gasteiger partial charge < -0.3 is 5.32 Å². The van der Waals surface area contributed by atoms with Gasteiger partial charge in [-0.05, 0) is 55.8 Å². The molecule has 13 heteroatoms. The van der Waals surface area contributed by atoms with Crippen LogP contribution in [-0.4, -0.2) is 45.7 Å². The van der Waals surface area contributed by atoms with Crippen molar-refractivity contribution in [3.8, 4) is 11.3 Å². The molecule has 1 aromatic carbocycles. The maximum absolute atomic E-state index is 13.2. The van der Waals surface area contributed by atoms with Crippen LogP contribution in [0.3, 0.4) is 0 Å². The fourth-order valence-corrected chi connectivity index (χ4v) is 5.38. The fourth-order valence-electron chi connectivity index (χ4n) is 3.61. The molecule has 0 radical (unpaired) electrons. The average molecular weight is 509 g/mol. The number of alkyl halides is 3. The Morgan fingerprint density at radius 1 is 1.11 bits per heavy atom. The van der Waals surface area contributed by atoms with Crippen LogP contribution < -0.4 is 5.32 Å². The zero-order chi connectivity index (χ0) is 25.4. The predicted molar refractivity (Wildman–Crippen MR) is 115 cm³/mol. The Morgan fingerprint density at radius 2 is 1.83 bits per heavy atom. The molecular formula is C22H19F4N5O3S. The van der Waals surface area contributed by atoms with Gasteiger partial charge in [-0.1, -0.05) is 0 Å². The zero-order valence-corrected chi connectivity index (χ0v) is 19.1. The van der Waals surface area contributed by atoms with E-state index in [2.05, 4.69) is 20.3 Å². The minimum absolute atomic E-state index is 0.0670. The molecule has 1 amide bonds. The molecule has 1 fully saturated rings. The van der Waals surface area contributed by atoms with E-state index in [1.165, 1.54) is 25.4 Å². The Hall–Kier alpha value is -3.45. The number of halogens is 4. The second-order valence-corrected chi connectivity index (χ2v) is 9.92. The maximum Gasteiger partial charge on any atom is 0.433 e. The van der Waals surface area contributed by atoms with Crippen LogP contribution in [0, 0.1) is 5.82 Å². The van der Waals surface area contributed by atoms with Crippen molar-refractivity contribution in [3.05, 3.63) is 72.2 Å².